The van der Waals surface area contributed by atoms with Crippen LogP contribution in [0.4, 0.5) is 0 Å². The molecular formula is C18H37IN4O2S. The average Bonchev–Trinajstić information content (AvgIpc) is 2.65. The van der Waals surface area contributed by atoms with E-state index in [1.165, 1.54) is 0 Å². The number of likely N-dealkylation sites (N-methyl/N-ethyl adjacent to an activating group) is 1. The first-order valence-corrected chi connectivity index (χ1v) is 11.0. The zero-order chi connectivity index (χ0) is 18.3. The highest BCUT2D eigenvalue weighted by Crippen LogP contribution is 2.25. The van der Waals surface area contributed by atoms with E-state index in [1.54, 1.807) is 0 Å². The van der Waals surface area contributed by atoms with Gasteiger partial charge < -0.3 is 20.3 Å². The van der Waals surface area contributed by atoms with Crippen molar-refractivity contribution in [2.75, 3.05) is 46.7 Å². The van der Waals surface area contributed by atoms with Gasteiger partial charge in [0, 0.05) is 60.2 Å². The lowest BCUT2D eigenvalue weighted by Gasteiger charge is -2.43. The van der Waals surface area contributed by atoms with Crippen molar-refractivity contribution in [1.29, 1.82) is 0 Å². The first kappa shape index (κ1) is 24.1. The Morgan fingerprint density at radius 3 is 2.58 bits per heavy atom. The fraction of sp³-hybridized carbons (Fsp3) is 0.944. The molecule has 1 saturated carbocycles. The van der Waals surface area contributed by atoms with Crippen LogP contribution in [0.3, 0.4) is 0 Å². The Balaban J connectivity index is 0.00000338. The highest BCUT2D eigenvalue weighted by molar-refractivity contribution is 14.0. The van der Waals surface area contributed by atoms with Crippen LogP contribution in [0.1, 0.15) is 45.4 Å². The number of halogens is 1. The molecule has 2 rings (SSSR count). The molecule has 3 atom stereocenters. The van der Waals surface area contributed by atoms with Gasteiger partial charge in [-0.05, 0) is 46.2 Å². The van der Waals surface area contributed by atoms with Crippen molar-refractivity contribution >= 4 is 40.7 Å². The summed E-state index contributed by atoms with van der Waals surface area (Å²) in [6.07, 6.45) is 6.41. The van der Waals surface area contributed by atoms with Crippen molar-refractivity contribution in [2.45, 2.75) is 62.3 Å². The van der Waals surface area contributed by atoms with E-state index in [1.807, 2.05) is 14.0 Å². The summed E-state index contributed by atoms with van der Waals surface area (Å²) in [5, 5.41) is 7.43. The average molecular weight is 500 g/mol. The number of rotatable bonds is 6. The maximum atomic E-state index is 12.1. The molecule has 1 aliphatic heterocycles. The van der Waals surface area contributed by atoms with Gasteiger partial charge in [0.15, 0.2) is 5.96 Å². The summed E-state index contributed by atoms with van der Waals surface area (Å²) < 4.78 is 17.7. The predicted octanol–water partition coefficient (Wildman–Crippen LogP) is 1.96. The van der Waals surface area contributed by atoms with E-state index in [4.69, 9.17) is 4.74 Å². The van der Waals surface area contributed by atoms with Crippen LogP contribution in [0, 0.1) is 0 Å². The third-order valence-electron chi connectivity index (χ3n) is 5.80. The minimum atomic E-state index is -0.692. The molecule has 0 aromatic rings. The van der Waals surface area contributed by atoms with Crippen LogP contribution in [-0.4, -0.2) is 78.6 Å². The molecule has 1 aliphatic carbocycles. The highest BCUT2D eigenvalue weighted by Gasteiger charge is 2.35. The molecule has 6 nitrogen and oxygen atoms in total. The van der Waals surface area contributed by atoms with Crippen LogP contribution in [0.5, 0.6) is 0 Å². The van der Waals surface area contributed by atoms with Crippen LogP contribution in [0.2, 0.25) is 0 Å². The zero-order valence-corrected chi connectivity index (χ0v) is 19.9. The van der Waals surface area contributed by atoms with Crippen LogP contribution < -0.4 is 10.6 Å². The maximum Gasteiger partial charge on any atom is 0.191 e. The van der Waals surface area contributed by atoms with E-state index in [0.29, 0.717) is 11.3 Å². The lowest BCUT2D eigenvalue weighted by atomic mass is 9.88. The number of nitrogens with zero attached hydrogens (tertiary/aromatic N) is 2. The summed E-state index contributed by atoms with van der Waals surface area (Å²) in [6, 6.07) is 0.366. The minimum Gasteiger partial charge on any atom is -0.381 e. The molecule has 0 amide bonds. The lowest BCUT2D eigenvalue weighted by molar-refractivity contribution is -0.00503. The number of aliphatic imine (C=N–C) groups is 1. The number of hydrogen-bond donors (Lipinski definition) is 2. The Labute approximate surface area is 178 Å². The Bertz CT molecular complexity index is 470. The highest BCUT2D eigenvalue weighted by atomic mass is 127. The molecule has 0 spiro atoms. The van der Waals surface area contributed by atoms with Crippen molar-refractivity contribution in [3.8, 4) is 0 Å². The molecule has 1 saturated heterocycles. The molecule has 0 bridgehead atoms. The van der Waals surface area contributed by atoms with Gasteiger partial charge in [-0.15, -0.1) is 24.0 Å². The van der Waals surface area contributed by atoms with E-state index < -0.39 is 10.8 Å². The van der Waals surface area contributed by atoms with Crippen LogP contribution in [-0.2, 0) is 15.5 Å². The molecule has 0 aromatic heterocycles. The van der Waals surface area contributed by atoms with E-state index in [2.05, 4.69) is 34.6 Å². The van der Waals surface area contributed by atoms with Gasteiger partial charge in [-0.3, -0.25) is 9.20 Å². The molecule has 2 N–H and O–H groups in total. The fourth-order valence-corrected chi connectivity index (χ4v) is 5.27. The van der Waals surface area contributed by atoms with Gasteiger partial charge >= 0.3 is 0 Å². The van der Waals surface area contributed by atoms with Crippen molar-refractivity contribution < 1.29 is 8.95 Å². The van der Waals surface area contributed by atoms with Crippen molar-refractivity contribution in [2.24, 2.45) is 4.99 Å². The molecule has 3 unspecified atom stereocenters. The number of nitrogens with one attached hydrogen (secondary N) is 2. The van der Waals surface area contributed by atoms with Gasteiger partial charge in [0.25, 0.3) is 0 Å². The Hall–Kier alpha value is 0.0700. The summed E-state index contributed by atoms with van der Waals surface area (Å²) in [5.74, 6) is 1.62. The Morgan fingerprint density at radius 2 is 2.00 bits per heavy atom. The largest absolute Gasteiger partial charge is 0.381 e. The summed E-state index contributed by atoms with van der Waals surface area (Å²) >= 11 is 0. The minimum absolute atomic E-state index is 0. The summed E-state index contributed by atoms with van der Waals surface area (Å²) in [6.45, 7) is 4.51. The monoisotopic (exact) mass is 500 g/mol. The molecule has 1 heterocycles. The third kappa shape index (κ3) is 6.60. The Kier molecular flexibility index (Phi) is 11.0. The summed E-state index contributed by atoms with van der Waals surface area (Å²) in [7, 11) is 5.43. The summed E-state index contributed by atoms with van der Waals surface area (Å²) in [4.78, 5) is 6.73. The maximum absolute atomic E-state index is 12.1. The first-order chi connectivity index (χ1) is 12.0. The van der Waals surface area contributed by atoms with E-state index in [9.17, 15) is 4.21 Å². The van der Waals surface area contributed by atoms with Crippen LogP contribution in [0.25, 0.3) is 0 Å². The normalized spacial score (nSPS) is 27.5. The van der Waals surface area contributed by atoms with Crippen molar-refractivity contribution in [3.63, 3.8) is 0 Å². The predicted molar refractivity (Wildman–Crippen MR) is 121 cm³/mol. The van der Waals surface area contributed by atoms with E-state index >= 15 is 0 Å². The first-order valence-electron chi connectivity index (χ1n) is 9.60. The van der Waals surface area contributed by atoms with Crippen LogP contribution >= 0.6 is 24.0 Å². The molecular weight excluding hydrogens is 463 g/mol. The van der Waals surface area contributed by atoms with Gasteiger partial charge in [0.2, 0.25) is 0 Å². The van der Waals surface area contributed by atoms with Gasteiger partial charge in [0.05, 0.1) is 0 Å². The smallest absolute Gasteiger partial charge is 0.191 e. The Morgan fingerprint density at radius 1 is 1.31 bits per heavy atom. The molecule has 0 aromatic carbocycles. The summed E-state index contributed by atoms with van der Waals surface area (Å²) in [5.41, 5.74) is 0.120. The molecule has 26 heavy (non-hydrogen) atoms. The topological polar surface area (TPSA) is 66.0 Å². The fourth-order valence-electron chi connectivity index (χ4n) is 3.92. The van der Waals surface area contributed by atoms with Gasteiger partial charge in [-0.1, -0.05) is 13.3 Å². The van der Waals surface area contributed by atoms with Crippen LogP contribution in [0.15, 0.2) is 4.99 Å². The number of ether oxygens (including phenoxy) is 1. The second-order valence-electron chi connectivity index (χ2n) is 7.46. The molecule has 2 fully saturated rings. The van der Waals surface area contributed by atoms with Gasteiger partial charge in [0.1, 0.15) is 0 Å². The standard InChI is InChI=1S/C18H36N4O2S.HI/c1-5-25(23)16-8-6-7-15(13-16)21-17(19-2)20-14-18(22(3)4)9-11-24-12-10-18;/h15-16H,5-14H2,1-4H3,(H2,19,20,21);1H. The molecule has 0 radical (unpaired) electrons. The second-order valence-corrected chi connectivity index (χ2v) is 9.46. The molecule has 8 heteroatoms. The second kappa shape index (κ2) is 11.8. The molecule has 154 valence electrons. The van der Waals surface area contributed by atoms with Gasteiger partial charge in [-0.25, -0.2) is 0 Å². The third-order valence-corrected chi connectivity index (χ3v) is 7.54. The SMILES string of the molecule is CCS(=O)C1CCCC(NC(=NC)NCC2(N(C)C)CCOCC2)C1.I. The lowest BCUT2D eigenvalue weighted by Crippen LogP contribution is -2.58. The van der Waals surface area contributed by atoms with E-state index in [-0.39, 0.29) is 29.5 Å². The van der Waals surface area contributed by atoms with Gasteiger partial charge in [-0.2, -0.15) is 0 Å². The van der Waals surface area contributed by atoms with Crippen molar-refractivity contribution in [1.82, 2.24) is 15.5 Å². The quantitative estimate of drug-likeness (QED) is 0.332. The zero-order valence-electron chi connectivity index (χ0n) is 16.8. The number of guanidine groups is 1. The molecule has 2 aliphatic rings. The van der Waals surface area contributed by atoms with E-state index in [0.717, 1.165) is 70.0 Å². The van der Waals surface area contributed by atoms with Crippen molar-refractivity contribution in [3.05, 3.63) is 0 Å². The number of hydrogen-bond acceptors (Lipinski definition) is 4.